The predicted molar refractivity (Wildman–Crippen MR) is 150 cm³/mol. The van der Waals surface area contributed by atoms with Gasteiger partial charge in [0.05, 0.1) is 18.0 Å². The van der Waals surface area contributed by atoms with Gasteiger partial charge in [0.1, 0.15) is 17.6 Å². The molecule has 6 rings (SSSR count). The number of imidazole rings is 1. The molecule has 0 fully saturated rings. The molecule has 0 saturated carbocycles. The molecule has 4 aromatic rings. The molecule has 1 amide bonds. The van der Waals surface area contributed by atoms with Crippen molar-refractivity contribution in [2.24, 2.45) is 0 Å². The minimum Gasteiger partial charge on any atom is -0.509 e. The average Bonchev–Trinajstić information content (AvgIpc) is 3.70. The highest BCUT2D eigenvalue weighted by Crippen LogP contribution is 2.46. The number of aromatic amines is 1. The summed E-state index contributed by atoms with van der Waals surface area (Å²) in [7, 11) is 0. The van der Waals surface area contributed by atoms with Gasteiger partial charge in [0.25, 0.3) is 5.91 Å². The molecule has 0 aliphatic carbocycles. The van der Waals surface area contributed by atoms with Crippen molar-refractivity contribution < 1.29 is 19.4 Å². The maximum absolute atomic E-state index is 13.3. The van der Waals surface area contributed by atoms with Crippen molar-refractivity contribution >= 4 is 11.9 Å². The summed E-state index contributed by atoms with van der Waals surface area (Å²) >= 11 is 0. The molecule has 0 saturated heterocycles. The number of aryl methyl sites for hydroxylation is 1. The van der Waals surface area contributed by atoms with Gasteiger partial charge in [0, 0.05) is 30.1 Å². The quantitative estimate of drug-likeness (QED) is 0.241. The first-order chi connectivity index (χ1) is 19.9. The van der Waals surface area contributed by atoms with Gasteiger partial charge in [-0.15, -0.1) is 5.10 Å². The molecular formula is C30H31N7O4. The summed E-state index contributed by atoms with van der Waals surface area (Å²) in [5.74, 6) is -0.244. The number of esters is 1. The molecule has 41 heavy (non-hydrogen) atoms. The zero-order valence-corrected chi connectivity index (χ0v) is 23.2. The highest BCUT2D eigenvalue weighted by molar-refractivity contribution is 6.18. The van der Waals surface area contributed by atoms with Gasteiger partial charge in [-0.1, -0.05) is 56.7 Å². The summed E-state index contributed by atoms with van der Waals surface area (Å²) in [5.41, 5.74) is 4.92. The van der Waals surface area contributed by atoms with E-state index in [2.05, 4.69) is 27.5 Å². The van der Waals surface area contributed by atoms with Gasteiger partial charge in [-0.05, 0) is 47.0 Å². The van der Waals surface area contributed by atoms with E-state index in [1.807, 2.05) is 60.0 Å². The Labute approximate surface area is 236 Å². The lowest BCUT2D eigenvalue weighted by Gasteiger charge is -2.34. The third-order valence-electron chi connectivity index (χ3n) is 7.71. The molecule has 2 unspecified atom stereocenters. The number of carbonyl (C=O) groups excluding carboxylic acids is 2. The number of aromatic nitrogens is 6. The number of fused-ring (bicyclic) bond motifs is 3. The number of aliphatic hydroxyl groups excluding tert-OH is 1. The highest BCUT2D eigenvalue weighted by Gasteiger charge is 2.50. The maximum Gasteiger partial charge on any atom is 0.347 e. The largest absolute Gasteiger partial charge is 0.509 e. The molecule has 11 nitrogen and oxygen atoms in total. The number of nitrogens with one attached hydrogen (secondary N) is 1. The van der Waals surface area contributed by atoms with Crippen molar-refractivity contribution in [1.82, 2.24) is 35.1 Å². The standard InChI is InChI=1S/C30H31N7O4/c1-4-6-11-22-31-24-17(3)16-36-26(27(38)23(29(36)39)30(40)41-5-2)25(24)37(22)19-14-12-18(13-15-19)20-9-7-8-10-21(20)28-32-34-35-33-28/h7-10,12-15,17,26,38H,4-6,11,16H2,1-3H3,(H,32,33,34,35). The summed E-state index contributed by atoms with van der Waals surface area (Å²) in [4.78, 5) is 32.6. The van der Waals surface area contributed by atoms with E-state index < -0.39 is 17.9 Å². The summed E-state index contributed by atoms with van der Waals surface area (Å²) in [6.45, 7) is 6.27. The predicted octanol–water partition coefficient (Wildman–Crippen LogP) is 4.44. The fourth-order valence-electron chi connectivity index (χ4n) is 5.82. The van der Waals surface area contributed by atoms with Crippen LogP contribution in [-0.2, 0) is 20.7 Å². The third kappa shape index (κ3) is 4.37. The van der Waals surface area contributed by atoms with E-state index >= 15 is 0 Å². The van der Waals surface area contributed by atoms with Crippen LogP contribution in [0.5, 0.6) is 0 Å². The van der Waals surface area contributed by atoms with Crippen LogP contribution < -0.4 is 0 Å². The van der Waals surface area contributed by atoms with Crippen molar-refractivity contribution in [3.63, 3.8) is 0 Å². The van der Waals surface area contributed by atoms with Crippen LogP contribution in [0.2, 0.25) is 0 Å². The number of H-pyrrole nitrogens is 1. The number of hydrogen-bond acceptors (Lipinski definition) is 8. The zero-order valence-electron chi connectivity index (χ0n) is 23.2. The average molecular weight is 554 g/mol. The minimum absolute atomic E-state index is 0.0807. The van der Waals surface area contributed by atoms with E-state index in [9.17, 15) is 14.7 Å². The van der Waals surface area contributed by atoms with Crippen molar-refractivity contribution in [3.05, 3.63) is 77.1 Å². The van der Waals surface area contributed by atoms with Crippen molar-refractivity contribution in [2.75, 3.05) is 13.2 Å². The van der Waals surface area contributed by atoms with Crippen LogP contribution in [0.1, 0.15) is 62.8 Å². The lowest BCUT2D eigenvalue weighted by Crippen LogP contribution is -2.39. The Morgan fingerprint density at radius 1 is 1.12 bits per heavy atom. The molecule has 0 spiro atoms. The first-order valence-electron chi connectivity index (χ1n) is 13.9. The molecule has 2 aromatic carbocycles. The van der Waals surface area contributed by atoms with Gasteiger partial charge in [-0.3, -0.25) is 9.36 Å². The van der Waals surface area contributed by atoms with Gasteiger partial charge in [0.15, 0.2) is 11.4 Å². The maximum atomic E-state index is 13.3. The molecule has 4 heterocycles. The van der Waals surface area contributed by atoms with E-state index in [0.29, 0.717) is 18.1 Å². The van der Waals surface area contributed by atoms with Crippen LogP contribution in [0.4, 0.5) is 0 Å². The molecule has 2 aliphatic heterocycles. The molecule has 2 aromatic heterocycles. The fraction of sp³-hybridized carbons (Fsp3) is 0.333. The van der Waals surface area contributed by atoms with Crippen molar-refractivity contribution in [2.45, 2.75) is 52.0 Å². The molecule has 2 N–H and O–H groups in total. The topological polar surface area (TPSA) is 139 Å². The number of aliphatic hydroxyl groups is 1. The number of carbonyl (C=O) groups is 2. The summed E-state index contributed by atoms with van der Waals surface area (Å²) in [6.07, 6.45) is 2.66. The Morgan fingerprint density at radius 3 is 2.56 bits per heavy atom. The number of ether oxygens (including phenoxy) is 1. The molecule has 0 bridgehead atoms. The van der Waals surface area contributed by atoms with Gasteiger partial charge in [-0.25, -0.2) is 14.9 Å². The minimum atomic E-state index is -0.810. The molecule has 2 atom stereocenters. The summed E-state index contributed by atoms with van der Waals surface area (Å²) < 4.78 is 7.16. The molecule has 0 radical (unpaired) electrons. The van der Waals surface area contributed by atoms with Crippen LogP contribution in [0.3, 0.4) is 0 Å². The number of amides is 1. The number of rotatable bonds is 8. The molecule has 210 valence electrons. The fourth-order valence-corrected chi connectivity index (χ4v) is 5.82. The van der Waals surface area contributed by atoms with Crippen LogP contribution in [0, 0.1) is 0 Å². The Morgan fingerprint density at radius 2 is 1.88 bits per heavy atom. The third-order valence-corrected chi connectivity index (χ3v) is 7.71. The van der Waals surface area contributed by atoms with Gasteiger partial charge >= 0.3 is 5.97 Å². The number of nitrogens with zero attached hydrogens (tertiary/aromatic N) is 6. The normalized spacial score (nSPS) is 18.0. The first kappa shape index (κ1) is 26.4. The highest BCUT2D eigenvalue weighted by atomic mass is 16.5. The van der Waals surface area contributed by atoms with Crippen LogP contribution in [-0.4, -0.2) is 65.2 Å². The summed E-state index contributed by atoms with van der Waals surface area (Å²) in [5, 5.41) is 25.7. The monoisotopic (exact) mass is 553 g/mol. The Bertz CT molecular complexity index is 1640. The van der Waals surface area contributed by atoms with E-state index in [1.54, 1.807) is 11.8 Å². The van der Waals surface area contributed by atoms with E-state index in [4.69, 9.17) is 9.72 Å². The second-order valence-corrected chi connectivity index (χ2v) is 10.3. The second-order valence-electron chi connectivity index (χ2n) is 10.3. The Hall–Kier alpha value is -4.80. The molecular weight excluding hydrogens is 522 g/mol. The van der Waals surface area contributed by atoms with Crippen molar-refractivity contribution in [1.29, 1.82) is 0 Å². The van der Waals surface area contributed by atoms with Crippen LogP contribution >= 0.6 is 0 Å². The zero-order chi connectivity index (χ0) is 28.7. The lowest BCUT2D eigenvalue weighted by molar-refractivity contribution is -0.141. The van der Waals surface area contributed by atoms with Crippen LogP contribution in [0.25, 0.3) is 28.2 Å². The molecule has 11 heteroatoms. The van der Waals surface area contributed by atoms with Gasteiger partial charge in [-0.2, -0.15) is 0 Å². The first-order valence-corrected chi connectivity index (χ1v) is 13.9. The number of unbranched alkanes of at least 4 members (excludes halogenated alkanes) is 1. The van der Waals surface area contributed by atoms with Gasteiger partial charge in [0.2, 0.25) is 0 Å². The molecule has 2 aliphatic rings. The number of tetrazole rings is 1. The van der Waals surface area contributed by atoms with Gasteiger partial charge < -0.3 is 14.7 Å². The van der Waals surface area contributed by atoms with E-state index in [-0.39, 0.29) is 23.9 Å². The number of benzene rings is 2. The number of hydrogen-bond donors (Lipinski definition) is 2. The Balaban J connectivity index is 1.47. The summed E-state index contributed by atoms with van der Waals surface area (Å²) in [6, 6.07) is 15.1. The SMILES string of the molecule is CCCCc1nc2c(n1-c1ccc(-c3ccccc3-c3nnn[nH]3)cc1)C1C(O)=C(C(=O)OCC)C(=O)N1CC2C. The smallest absolute Gasteiger partial charge is 0.347 e. The van der Waals surface area contributed by atoms with E-state index in [0.717, 1.165) is 53.2 Å². The second kappa shape index (κ2) is 10.6. The van der Waals surface area contributed by atoms with E-state index in [1.165, 1.54) is 0 Å². The lowest BCUT2D eigenvalue weighted by atomic mass is 9.95. The van der Waals surface area contributed by atoms with Crippen molar-refractivity contribution in [3.8, 4) is 28.2 Å². The van der Waals surface area contributed by atoms with Crippen LogP contribution in [0.15, 0.2) is 59.9 Å². The Kier molecular flexibility index (Phi) is 6.86.